The summed E-state index contributed by atoms with van der Waals surface area (Å²) in [5.41, 5.74) is 7.38. The Bertz CT molecular complexity index is 730. The summed E-state index contributed by atoms with van der Waals surface area (Å²) in [6.45, 7) is 1.97. The van der Waals surface area contributed by atoms with E-state index in [0.717, 1.165) is 12.0 Å². The topological polar surface area (TPSA) is 72.2 Å². The van der Waals surface area contributed by atoms with Crippen molar-refractivity contribution in [2.45, 2.75) is 18.2 Å². The van der Waals surface area contributed by atoms with Crippen molar-refractivity contribution in [1.29, 1.82) is 0 Å². The van der Waals surface area contributed by atoms with Crippen molar-refractivity contribution in [3.63, 3.8) is 0 Å². The molecule has 0 spiro atoms. The number of nitrogens with two attached hydrogens (primary N) is 1. The van der Waals surface area contributed by atoms with Crippen LogP contribution in [0, 0.1) is 0 Å². The predicted octanol–water partition coefficient (Wildman–Crippen LogP) is 3.29. The lowest BCUT2D eigenvalue weighted by molar-refractivity contribution is 0.601. The van der Waals surface area contributed by atoms with Crippen LogP contribution in [-0.4, -0.2) is 8.42 Å². The third-order valence-electron chi connectivity index (χ3n) is 2.92. The molecular formula is C14H15ClN2O2S. The van der Waals surface area contributed by atoms with Crippen molar-refractivity contribution in [2.75, 3.05) is 10.5 Å². The number of nitrogen functional groups attached to an aromatic ring is 1. The molecule has 0 aliphatic carbocycles. The lowest BCUT2D eigenvalue weighted by Gasteiger charge is -2.12. The molecule has 2 rings (SSSR count). The fraction of sp³-hybridized carbons (Fsp3) is 0.143. The van der Waals surface area contributed by atoms with Crippen LogP contribution in [-0.2, 0) is 16.4 Å². The number of nitrogens with one attached hydrogen (secondary N) is 1. The predicted molar refractivity (Wildman–Crippen MR) is 82.5 cm³/mol. The van der Waals surface area contributed by atoms with E-state index in [1.165, 1.54) is 18.2 Å². The van der Waals surface area contributed by atoms with Crippen LogP contribution >= 0.6 is 11.6 Å². The first-order chi connectivity index (χ1) is 9.44. The maximum atomic E-state index is 12.3. The Hall–Kier alpha value is -1.72. The molecule has 0 aromatic heterocycles. The van der Waals surface area contributed by atoms with Crippen LogP contribution < -0.4 is 10.5 Å². The second kappa shape index (κ2) is 5.73. The summed E-state index contributed by atoms with van der Waals surface area (Å²) < 4.78 is 27.2. The van der Waals surface area contributed by atoms with Gasteiger partial charge in [0.15, 0.2) is 0 Å². The number of aryl methyl sites for hydroxylation is 1. The summed E-state index contributed by atoms with van der Waals surface area (Å²) in [5, 5.41) is 0.331. The van der Waals surface area contributed by atoms with Gasteiger partial charge in [0.2, 0.25) is 0 Å². The summed E-state index contributed by atoms with van der Waals surface area (Å²) >= 11 is 5.80. The van der Waals surface area contributed by atoms with Gasteiger partial charge in [-0.2, -0.15) is 0 Å². The molecule has 0 radical (unpaired) electrons. The van der Waals surface area contributed by atoms with Crippen molar-refractivity contribution in [3.8, 4) is 0 Å². The van der Waals surface area contributed by atoms with Gasteiger partial charge in [-0.15, -0.1) is 0 Å². The van der Waals surface area contributed by atoms with Crippen molar-refractivity contribution < 1.29 is 8.42 Å². The monoisotopic (exact) mass is 310 g/mol. The lowest BCUT2D eigenvalue weighted by Crippen LogP contribution is -2.14. The Kier molecular flexibility index (Phi) is 4.20. The van der Waals surface area contributed by atoms with Gasteiger partial charge in [-0.05, 0) is 36.2 Å². The molecule has 0 aliphatic heterocycles. The molecule has 0 atom stereocenters. The minimum Gasteiger partial charge on any atom is -0.397 e. The number of halogens is 1. The number of anilines is 2. The normalized spacial score (nSPS) is 11.3. The van der Waals surface area contributed by atoms with Crippen molar-refractivity contribution in [3.05, 3.63) is 53.1 Å². The van der Waals surface area contributed by atoms with Gasteiger partial charge in [-0.3, -0.25) is 4.72 Å². The Morgan fingerprint density at radius 3 is 2.55 bits per heavy atom. The largest absolute Gasteiger partial charge is 0.397 e. The van der Waals surface area contributed by atoms with Gasteiger partial charge < -0.3 is 5.73 Å². The second-order valence-electron chi connectivity index (χ2n) is 4.30. The maximum absolute atomic E-state index is 12.3. The molecule has 6 heteroatoms. The first kappa shape index (κ1) is 14.7. The van der Waals surface area contributed by atoms with Crippen LogP contribution in [0.3, 0.4) is 0 Å². The summed E-state index contributed by atoms with van der Waals surface area (Å²) in [6, 6.07) is 11.5. The number of hydrogen-bond acceptors (Lipinski definition) is 3. The maximum Gasteiger partial charge on any atom is 0.261 e. The molecule has 3 N–H and O–H groups in total. The number of benzene rings is 2. The Labute approximate surface area is 123 Å². The average Bonchev–Trinajstić information content (AvgIpc) is 2.42. The molecule has 0 saturated carbocycles. The van der Waals surface area contributed by atoms with Gasteiger partial charge in [0.1, 0.15) is 0 Å². The van der Waals surface area contributed by atoms with E-state index >= 15 is 0 Å². The second-order valence-corrected chi connectivity index (χ2v) is 6.39. The molecule has 0 heterocycles. The standard InChI is InChI=1S/C14H15ClN2O2S/c1-2-10-5-3-4-6-14(10)17-20(18,19)11-7-8-12(15)13(16)9-11/h3-9,17H,2,16H2,1H3. The average molecular weight is 311 g/mol. The smallest absolute Gasteiger partial charge is 0.261 e. The van der Waals surface area contributed by atoms with E-state index in [2.05, 4.69) is 4.72 Å². The number of sulfonamides is 1. The number of hydrogen-bond donors (Lipinski definition) is 2. The van der Waals surface area contributed by atoms with Crippen LogP contribution in [0.1, 0.15) is 12.5 Å². The van der Waals surface area contributed by atoms with E-state index in [1.807, 2.05) is 19.1 Å². The SMILES string of the molecule is CCc1ccccc1NS(=O)(=O)c1ccc(Cl)c(N)c1. The lowest BCUT2D eigenvalue weighted by atomic mass is 10.1. The summed E-state index contributed by atoms with van der Waals surface area (Å²) in [7, 11) is -3.67. The molecule has 0 saturated heterocycles. The fourth-order valence-electron chi connectivity index (χ4n) is 1.82. The van der Waals surface area contributed by atoms with E-state index in [4.69, 9.17) is 17.3 Å². The third kappa shape index (κ3) is 3.05. The minimum absolute atomic E-state index is 0.0882. The summed E-state index contributed by atoms with van der Waals surface area (Å²) in [4.78, 5) is 0.0882. The summed E-state index contributed by atoms with van der Waals surface area (Å²) in [6.07, 6.45) is 0.738. The van der Waals surface area contributed by atoms with Gasteiger partial charge in [0.05, 0.1) is 21.3 Å². The molecule has 2 aromatic carbocycles. The van der Waals surface area contributed by atoms with Gasteiger partial charge in [-0.1, -0.05) is 36.7 Å². The highest BCUT2D eigenvalue weighted by molar-refractivity contribution is 7.92. The van der Waals surface area contributed by atoms with Crippen molar-refractivity contribution in [1.82, 2.24) is 0 Å². The fourth-order valence-corrected chi connectivity index (χ4v) is 3.07. The van der Waals surface area contributed by atoms with E-state index < -0.39 is 10.0 Å². The molecule has 20 heavy (non-hydrogen) atoms. The zero-order valence-electron chi connectivity index (χ0n) is 10.9. The van der Waals surface area contributed by atoms with Crippen molar-refractivity contribution in [2.24, 2.45) is 0 Å². The highest BCUT2D eigenvalue weighted by atomic mass is 35.5. The van der Waals surface area contributed by atoms with Crippen LogP contribution in [0.2, 0.25) is 5.02 Å². The van der Waals surface area contributed by atoms with Crippen LogP contribution in [0.4, 0.5) is 11.4 Å². The van der Waals surface area contributed by atoms with Crippen LogP contribution in [0.15, 0.2) is 47.4 Å². The number of para-hydroxylation sites is 1. The Balaban J connectivity index is 2.38. The third-order valence-corrected chi connectivity index (χ3v) is 4.63. The molecule has 2 aromatic rings. The van der Waals surface area contributed by atoms with Gasteiger partial charge >= 0.3 is 0 Å². The minimum atomic E-state index is -3.67. The van der Waals surface area contributed by atoms with Crippen LogP contribution in [0.5, 0.6) is 0 Å². The van der Waals surface area contributed by atoms with E-state index in [-0.39, 0.29) is 10.6 Å². The first-order valence-corrected chi connectivity index (χ1v) is 7.96. The zero-order chi connectivity index (χ0) is 14.8. The van der Waals surface area contributed by atoms with E-state index in [9.17, 15) is 8.42 Å². The molecule has 0 fully saturated rings. The molecule has 0 bridgehead atoms. The number of rotatable bonds is 4. The van der Waals surface area contributed by atoms with Crippen molar-refractivity contribution >= 4 is 33.0 Å². The van der Waals surface area contributed by atoms with Gasteiger partial charge in [0, 0.05) is 0 Å². The quantitative estimate of drug-likeness (QED) is 0.851. The molecule has 106 valence electrons. The molecule has 4 nitrogen and oxygen atoms in total. The van der Waals surface area contributed by atoms with E-state index in [1.54, 1.807) is 12.1 Å². The van der Waals surface area contributed by atoms with Gasteiger partial charge in [0.25, 0.3) is 10.0 Å². The first-order valence-electron chi connectivity index (χ1n) is 6.10. The Morgan fingerprint density at radius 1 is 1.20 bits per heavy atom. The highest BCUT2D eigenvalue weighted by Gasteiger charge is 2.16. The molecule has 0 aliphatic rings. The molecular weight excluding hydrogens is 296 g/mol. The van der Waals surface area contributed by atoms with Crippen LogP contribution in [0.25, 0.3) is 0 Å². The highest BCUT2D eigenvalue weighted by Crippen LogP contribution is 2.25. The molecule has 0 unspecified atom stereocenters. The Morgan fingerprint density at radius 2 is 1.90 bits per heavy atom. The zero-order valence-corrected chi connectivity index (χ0v) is 12.5. The van der Waals surface area contributed by atoms with E-state index in [0.29, 0.717) is 10.7 Å². The molecule has 0 amide bonds. The summed E-state index contributed by atoms with van der Waals surface area (Å²) in [5.74, 6) is 0. The van der Waals surface area contributed by atoms with Gasteiger partial charge in [-0.25, -0.2) is 8.42 Å².